The fourth-order valence-electron chi connectivity index (χ4n) is 2.06. The van der Waals surface area contributed by atoms with E-state index in [1.54, 1.807) is 0 Å². The molecule has 0 radical (unpaired) electrons. The third kappa shape index (κ3) is 7.49. The van der Waals surface area contributed by atoms with Crippen LogP contribution in [-0.2, 0) is 25.5 Å². The third-order valence-electron chi connectivity index (χ3n) is 2.94. The highest BCUT2D eigenvalue weighted by atomic mass is 16.5. The van der Waals surface area contributed by atoms with E-state index in [0.29, 0.717) is 19.6 Å². The summed E-state index contributed by atoms with van der Waals surface area (Å²) in [6.45, 7) is 6.76. The van der Waals surface area contributed by atoms with E-state index < -0.39 is 0 Å². The lowest BCUT2D eigenvalue weighted by Crippen LogP contribution is -2.12. The number of benzene rings is 1. The summed E-state index contributed by atoms with van der Waals surface area (Å²) in [5, 5.41) is 0. The second-order valence-corrected chi connectivity index (χ2v) is 5.19. The summed E-state index contributed by atoms with van der Waals surface area (Å²) in [6, 6.07) is 6.28. The maximum atomic E-state index is 11.5. The largest absolute Gasteiger partial charge is 0.466 e. The van der Waals surface area contributed by atoms with Crippen LogP contribution in [0, 0.1) is 13.8 Å². The average Bonchev–Trinajstić information content (AvgIpc) is 2.41. The Labute approximate surface area is 126 Å². The molecular formula is C17H24O4. The predicted molar refractivity (Wildman–Crippen MR) is 81.1 cm³/mol. The highest BCUT2D eigenvalue weighted by Gasteiger charge is 2.09. The number of hydrogen-bond acceptors (Lipinski definition) is 4. The summed E-state index contributed by atoms with van der Waals surface area (Å²) in [7, 11) is 0. The molecule has 0 amide bonds. The van der Waals surface area contributed by atoms with Gasteiger partial charge in [0, 0.05) is 6.42 Å². The molecule has 116 valence electrons. The Balaban J connectivity index is 2.22. The highest BCUT2D eigenvalue weighted by Crippen LogP contribution is 2.09. The smallest absolute Gasteiger partial charge is 0.306 e. The third-order valence-corrected chi connectivity index (χ3v) is 2.94. The van der Waals surface area contributed by atoms with Gasteiger partial charge in [-0.25, -0.2) is 0 Å². The van der Waals surface area contributed by atoms with Crippen molar-refractivity contribution in [3.8, 4) is 0 Å². The fourth-order valence-corrected chi connectivity index (χ4v) is 2.06. The lowest BCUT2D eigenvalue weighted by Gasteiger charge is -2.07. The van der Waals surface area contributed by atoms with E-state index in [4.69, 9.17) is 9.47 Å². The van der Waals surface area contributed by atoms with E-state index >= 15 is 0 Å². The van der Waals surface area contributed by atoms with E-state index in [1.165, 1.54) is 11.1 Å². The van der Waals surface area contributed by atoms with Gasteiger partial charge in [-0.2, -0.15) is 0 Å². The van der Waals surface area contributed by atoms with Crippen molar-refractivity contribution in [3.05, 3.63) is 34.9 Å². The number of carbonyl (C=O) groups is 2. The molecule has 21 heavy (non-hydrogen) atoms. The molecule has 0 saturated carbocycles. The first-order valence-electron chi connectivity index (χ1n) is 7.39. The molecule has 1 aromatic carbocycles. The molecule has 0 spiro atoms. The minimum Gasteiger partial charge on any atom is -0.466 e. The van der Waals surface area contributed by atoms with Crippen molar-refractivity contribution in [2.45, 2.75) is 46.5 Å². The number of aryl methyl sites for hydroxylation is 2. The van der Waals surface area contributed by atoms with Crippen LogP contribution in [0.1, 0.15) is 42.9 Å². The summed E-state index contributed by atoms with van der Waals surface area (Å²) in [4.78, 5) is 22.8. The first kappa shape index (κ1) is 17.2. The van der Waals surface area contributed by atoms with E-state index in [2.05, 4.69) is 18.2 Å². The zero-order chi connectivity index (χ0) is 15.7. The number of hydrogen-bond donors (Lipinski definition) is 0. The van der Waals surface area contributed by atoms with Crippen LogP contribution in [-0.4, -0.2) is 25.2 Å². The molecule has 0 aliphatic carbocycles. The topological polar surface area (TPSA) is 52.6 Å². The summed E-state index contributed by atoms with van der Waals surface area (Å²) >= 11 is 0. The van der Waals surface area contributed by atoms with Crippen LogP contribution in [0.2, 0.25) is 0 Å². The number of ether oxygens (including phenoxy) is 2. The van der Waals surface area contributed by atoms with Gasteiger partial charge in [-0.15, -0.1) is 0 Å². The molecule has 0 aliphatic rings. The molecule has 1 aromatic rings. The molecule has 0 heterocycles. The Kier molecular flexibility index (Phi) is 7.51. The summed E-state index contributed by atoms with van der Waals surface area (Å²) in [6.07, 6.45) is 1.64. The lowest BCUT2D eigenvalue weighted by molar-refractivity contribution is -0.150. The fraction of sp³-hybridized carbons (Fsp3) is 0.529. The lowest BCUT2D eigenvalue weighted by atomic mass is 10.1. The average molecular weight is 292 g/mol. The van der Waals surface area contributed by atoms with Crippen molar-refractivity contribution in [1.29, 1.82) is 0 Å². The number of carbonyl (C=O) groups excluding carboxylic acids is 2. The summed E-state index contributed by atoms with van der Waals surface area (Å²) in [5.74, 6) is -0.698. The van der Waals surface area contributed by atoms with Crippen LogP contribution in [0.4, 0.5) is 0 Å². The molecule has 0 aliphatic heterocycles. The first-order chi connectivity index (χ1) is 10.0. The molecule has 0 atom stereocenters. The van der Waals surface area contributed by atoms with E-state index in [9.17, 15) is 9.59 Å². The van der Waals surface area contributed by atoms with Crippen molar-refractivity contribution in [2.75, 3.05) is 13.2 Å². The van der Waals surface area contributed by atoms with Crippen molar-refractivity contribution in [2.24, 2.45) is 0 Å². The molecule has 0 saturated heterocycles. The SMILES string of the molecule is CCCOC(=O)CCC(=O)OCCc1cc(C)cc(C)c1. The molecule has 0 bridgehead atoms. The minimum absolute atomic E-state index is 0.0788. The van der Waals surface area contributed by atoms with Gasteiger partial charge < -0.3 is 9.47 Å². The van der Waals surface area contributed by atoms with Gasteiger partial charge in [0.2, 0.25) is 0 Å². The Morgan fingerprint density at radius 2 is 1.43 bits per heavy atom. The zero-order valence-corrected chi connectivity index (χ0v) is 13.1. The zero-order valence-electron chi connectivity index (χ0n) is 13.1. The predicted octanol–water partition coefficient (Wildman–Crippen LogP) is 3.12. The molecule has 4 heteroatoms. The summed E-state index contributed by atoms with van der Waals surface area (Å²) < 4.78 is 10.0. The second-order valence-electron chi connectivity index (χ2n) is 5.19. The Morgan fingerprint density at radius 3 is 1.95 bits per heavy atom. The molecule has 0 unspecified atom stereocenters. The van der Waals surface area contributed by atoms with Gasteiger partial charge in [0.25, 0.3) is 0 Å². The van der Waals surface area contributed by atoms with Gasteiger partial charge in [0.1, 0.15) is 0 Å². The quantitative estimate of drug-likeness (QED) is 0.691. The van der Waals surface area contributed by atoms with Gasteiger partial charge in [-0.05, 0) is 25.8 Å². The van der Waals surface area contributed by atoms with E-state index in [1.807, 2.05) is 20.8 Å². The maximum absolute atomic E-state index is 11.5. The van der Waals surface area contributed by atoms with Crippen molar-refractivity contribution < 1.29 is 19.1 Å². The Morgan fingerprint density at radius 1 is 0.905 bits per heavy atom. The van der Waals surface area contributed by atoms with Crippen LogP contribution in [0.15, 0.2) is 18.2 Å². The molecule has 0 aromatic heterocycles. The molecule has 4 nitrogen and oxygen atoms in total. The summed E-state index contributed by atoms with van der Waals surface area (Å²) in [5.41, 5.74) is 3.56. The minimum atomic E-state index is -0.354. The standard InChI is InChI=1S/C17H24O4/c1-4-8-20-16(18)5-6-17(19)21-9-7-15-11-13(2)10-14(3)12-15/h10-12H,4-9H2,1-3H3. The van der Waals surface area contributed by atoms with Gasteiger partial charge >= 0.3 is 11.9 Å². The number of esters is 2. The maximum Gasteiger partial charge on any atom is 0.306 e. The Hall–Kier alpha value is -1.84. The highest BCUT2D eigenvalue weighted by molar-refractivity contribution is 5.77. The van der Waals surface area contributed by atoms with Crippen LogP contribution in [0.5, 0.6) is 0 Å². The number of rotatable bonds is 8. The van der Waals surface area contributed by atoms with Crippen LogP contribution < -0.4 is 0 Å². The van der Waals surface area contributed by atoms with Crippen molar-refractivity contribution in [1.82, 2.24) is 0 Å². The Bertz CT molecular complexity index is 459. The normalized spacial score (nSPS) is 10.2. The molecule has 0 fully saturated rings. The first-order valence-corrected chi connectivity index (χ1v) is 7.39. The molecular weight excluding hydrogens is 268 g/mol. The van der Waals surface area contributed by atoms with Crippen molar-refractivity contribution >= 4 is 11.9 Å². The van der Waals surface area contributed by atoms with Crippen LogP contribution in [0.3, 0.4) is 0 Å². The van der Waals surface area contributed by atoms with Crippen molar-refractivity contribution in [3.63, 3.8) is 0 Å². The van der Waals surface area contributed by atoms with Gasteiger partial charge in [0.15, 0.2) is 0 Å². The van der Waals surface area contributed by atoms with Gasteiger partial charge in [-0.3, -0.25) is 9.59 Å². The molecule has 0 N–H and O–H groups in total. The van der Waals surface area contributed by atoms with Gasteiger partial charge in [0.05, 0.1) is 26.1 Å². The monoisotopic (exact) mass is 292 g/mol. The second kappa shape index (κ2) is 9.16. The van der Waals surface area contributed by atoms with Crippen LogP contribution >= 0.6 is 0 Å². The van der Waals surface area contributed by atoms with Gasteiger partial charge in [-0.1, -0.05) is 36.2 Å². The molecule has 1 rings (SSSR count). The van der Waals surface area contributed by atoms with E-state index in [0.717, 1.165) is 12.0 Å². The van der Waals surface area contributed by atoms with E-state index in [-0.39, 0.29) is 24.8 Å². The van der Waals surface area contributed by atoms with Crippen LogP contribution in [0.25, 0.3) is 0 Å².